The van der Waals surface area contributed by atoms with Crippen molar-refractivity contribution < 1.29 is 9.47 Å². The maximum absolute atomic E-state index is 5.63. The molecule has 0 aromatic carbocycles. The summed E-state index contributed by atoms with van der Waals surface area (Å²) in [6.07, 6.45) is 5.96. The van der Waals surface area contributed by atoms with Crippen molar-refractivity contribution in [2.24, 2.45) is 0 Å². The quantitative estimate of drug-likeness (QED) is 0.724. The van der Waals surface area contributed by atoms with Crippen LogP contribution in [0.3, 0.4) is 0 Å². The smallest absolute Gasteiger partial charge is 0.0799 e. The molecule has 0 radical (unpaired) electrons. The van der Waals surface area contributed by atoms with E-state index in [-0.39, 0.29) is 0 Å². The third-order valence-electron chi connectivity index (χ3n) is 3.42. The second-order valence-electron chi connectivity index (χ2n) is 4.72. The first-order valence-electron chi connectivity index (χ1n) is 6.40. The Bertz CT molecular complexity index is 197. The van der Waals surface area contributed by atoms with Crippen LogP contribution in [-0.4, -0.2) is 55.3 Å². The maximum atomic E-state index is 5.63. The minimum atomic E-state index is 0.386. The Kier molecular flexibility index (Phi) is 5.56. The Hall–Kier alpha value is 0.360. The second kappa shape index (κ2) is 6.94. The van der Waals surface area contributed by atoms with E-state index in [4.69, 9.17) is 9.47 Å². The molecule has 16 heavy (non-hydrogen) atoms. The van der Waals surface area contributed by atoms with E-state index in [0.717, 1.165) is 31.6 Å². The lowest BCUT2D eigenvalue weighted by Crippen LogP contribution is -2.43. The topological polar surface area (TPSA) is 21.7 Å². The minimum absolute atomic E-state index is 0.386. The normalized spacial score (nSPS) is 32.1. The molecule has 94 valence electrons. The summed E-state index contributed by atoms with van der Waals surface area (Å²) in [7, 11) is 0. The van der Waals surface area contributed by atoms with Crippen molar-refractivity contribution in [2.75, 3.05) is 38.2 Å². The molecule has 2 heterocycles. The molecule has 2 unspecified atom stereocenters. The van der Waals surface area contributed by atoms with Crippen LogP contribution in [-0.2, 0) is 9.47 Å². The summed E-state index contributed by atoms with van der Waals surface area (Å²) < 4.78 is 11.3. The number of alkyl halides is 1. The van der Waals surface area contributed by atoms with Gasteiger partial charge in [0.2, 0.25) is 0 Å². The highest BCUT2D eigenvalue weighted by molar-refractivity contribution is 9.09. The highest BCUT2D eigenvalue weighted by Crippen LogP contribution is 2.17. The summed E-state index contributed by atoms with van der Waals surface area (Å²) in [5.41, 5.74) is 0. The molecule has 3 nitrogen and oxygen atoms in total. The number of rotatable bonds is 5. The van der Waals surface area contributed by atoms with Crippen LogP contribution in [0.25, 0.3) is 0 Å². The molecule has 0 spiro atoms. The Balaban J connectivity index is 1.58. The van der Waals surface area contributed by atoms with Gasteiger partial charge in [0.1, 0.15) is 0 Å². The number of nitrogens with zero attached hydrogens (tertiary/aromatic N) is 1. The molecule has 0 N–H and O–H groups in total. The van der Waals surface area contributed by atoms with E-state index in [2.05, 4.69) is 20.8 Å². The van der Waals surface area contributed by atoms with Crippen LogP contribution >= 0.6 is 15.9 Å². The van der Waals surface area contributed by atoms with Crippen LogP contribution in [0.5, 0.6) is 0 Å². The average Bonchev–Trinajstić information content (AvgIpc) is 2.82. The largest absolute Gasteiger partial charge is 0.378 e. The zero-order valence-corrected chi connectivity index (χ0v) is 11.5. The highest BCUT2D eigenvalue weighted by Gasteiger charge is 2.20. The molecule has 2 saturated heterocycles. The van der Waals surface area contributed by atoms with E-state index in [9.17, 15) is 0 Å². The van der Waals surface area contributed by atoms with Gasteiger partial charge in [-0.1, -0.05) is 15.9 Å². The van der Waals surface area contributed by atoms with Gasteiger partial charge >= 0.3 is 0 Å². The van der Waals surface area contributed by atoms with Crippen molar-refractivity contribution in [2.45, 2.75) is 37.9 Å². The Morgan fingerprint density at radius 2 is 2.06 bits per heavy atom. The van der Waals surface area contributed by atoms with Gasteiger partial charge in [-0.25, -0.2) is 0 Å². The fourth-order valence-corrected chi connectivity index (χ4v) is 2.88. The number of ether oxygens (including phenoxy) is 2. The third kappa shape index (κ3) is 3.99. The first kappa shape index (κ1) is 12.8. The van der Waals surface area contributed by atoms with E-state index in [1.807, 2.05) is 0 Å². The predicted octanol–water partition coefficient (Wildman–Crippen LogP) is 2.04. The van der Waals surface area contributed by atoms with E-state index in [1.54, 1.807) is 0 Å². The molecule has 2 fully saturated rings. The Labute approximate surface area is 107 Å². The van der Waals surface area contributed by atoms with Gasteiger partial charge < -0.3 is 9.47 Å². The van der Waals surface area contributed by atoms with Gasteiger partial charge in [0.15, 0.2) is 0 Å². The standard InChI is InChI=1S/C12H22BrNO2/c13-9-12-10-14(6-8-16-12)5-1-3-11-4-2-7-15-11/h11-12H,1-10H2. The van der Waals surface area contributed by atoms with E-state index < -0.39 is 0 Å². The van der Waals surface area contributed by atoms with Gasteiger partial charge in [0.05, 0.1) is 18.8 Å². The van der Waals surface area contributed by atoms with E-state index in [1.165, 1.54) is 32.2 Å². The van der Waals surface area contributed by atoms with Gasteiger partial charge in [-0.2, -0.15) is 0 Å². The molecule has 2 aliphatic heterocycles. The molecule has 0 saturated carbocycles. The lowest BCUT2D eigenvalue weighted by molar-refractivity contribution is -0.0166. The minimum Gasteiger partial charge on any atom is -0.378 e. The number of morpholine rings is 1. The fourth-order valence-electron chi connectivity index (χ4n) is 2.49. The van der Waals surface area contributed by atoms with Crippen LogP contribution in [0, 0.1) is 0 Å². The number of hydrogen-bond donors (Lipinski definition) is 0. The van der Waals surface area contributed by atoms with Crippen molar-refractivity contribution >= 4 is 15.9 Å². The van der Waals surface area contributed by atoms with Gasteiger partial charge in [-0.05, 0) is 32.2 Å². The summed E-state index contributed by atoms with van der Waals surface area (Å²) >= 11 is 3.49. The summed E-state index contributed by atoms with van der Waals surface area (Å²) in [4.78, 5) is 2.52. The predicted molar refractivity (Wildman–Crippen MR) is 68.2 cm³/mol. The molecule has 0 aliphatic carbocycles. The summed E-state index contributed by atoms with van der Waals surface area (Å²) in [5.74, 6) is 0. The van der Waals surface area contributed by atoms with E-state index in [0.29, 0.717) is 12.2 Å². The monoisotopic (exact) mass is 291 g/mol. The van der Waals surface area contributed by atoms with Crippen LogP contribution < -0.4 is 0 Å². The van der Waals surface area contributed by atoms with Gasteiger partial charge in [-0.15, -0.1) is 0 Å². The molecular formula is C12H22BrNO2. The van der Waals surface area contributed by atoms with Crippen LogP contribution in [0.15, 0.2) is 0 Å². The van der Waals surface area contributed by atoms with Gasteiger partial charge in [-0.3, -0.25) is 4.90 Å². The van der Waals surface area contributed by atoms with Crippen molar-refractivity contribution in [1.82, 2.24) is 4.90 Å². The molecule has 2 atom stereocenters. The first-order valence-corrected chi connectivity index (χ1v) is 7.52. The maximum Gasteiger partial charge on any atom is 0.0799 e. The Morgan fingerprint density at radius 3 is 2.81 bits per heavy atom. The van der Waals surface area contributed by atoms with E-state index >= 15 is 0 Å². The van der Waals surface area contributed by atoms with Crippen LogP contribution in [0.1, 0.15) is 25.7 Å². The van der Waals surface area contributed by atoms with Gasteiger partial charge in [0.25, 0.3) is 0 Å². The zero-order chi connectivity index (χ0) is 11.2. The lowest BCUT2D eigenvalue weighted by atomic mass is 10.1. The summed E-state index contributed by atoms with van der Waals surface area (Å²) in [6.45, 7) is 5.24. The van der Waals surface area contributed by atoms with Crippen molar-refractivity contribution in [3.05, 3.63) is 0 Å². The number of halogens is 1. The van der Waals surface area contributed by atoms with Crippen molar-refractivity contribution in [1.29, 1.82) is 0 Å². The molecule has 0 aromatic heterocycles. The fraction of sp³-hybridized carbons (Fsp3) is 1.00. The summed E-state index contributed by atoms with van der Waals surface area (Å²) in [6, 6.07) is 0. The highest BCUT2D eigenvalue weighted by atomic mass is 79.9. The lowest BCUT2D eigenvalue weighted by Gasteiger charge is -2.32. The third-order valence-corrected chi connectivity index (χ3v) is 4.14. The SMILES string of the molecule is BrCC1CN(CCCC2CCCO2)CCO1. The van der Waals surface area contributed by atoms with Gasteiger partial charge in [0, 0.05) is 25.0 Å². The molecule has 0 amide bonds. The molecular weight excluding hydrogens is 270 g/mol. The first-order chi connectivity index (χ1) is 7.88. The van der Waals surface area contributed by atoms with Crippen LogP contribution in [0.2, 0.25) is 0 Å². The molecule has 4 heteroatoms. The Morgan fingerprint density at radius 1 is 1.19 bits per heavy atom. The molecule has 2 aliphatic rings. The molecule has 2 rings (SSSR count). The molecule has 0 bridgehead atoms. The summed E-state index contributed by atoms with van der Waals surface area (Å²) in [5, 5.41) is 0.954. The number of hydrogen-bond acceptors (Lipinski definition) is 3. The van der Waals surface area contributed by atoms with Crippen molar-refractivity contribution in [3.8, 4) is 0 Å². The molecule has 0 aromatic rings. The average molecular weight is 292 g/mol. The van der Waals surface area contributed by atoms with Crippen molar-refractivity contribution in [3.63, 3.8) is 0 Å². The van der Waals surface area contributed by atoms with Crippen LogP contribution in [0.4, 0.5) is 0 Å². The second-order valence-corrected chi connectivity index (χ2v) is 5.37. The zero-order valence-electron chi connectivity index (χ0n) is 9.87.